The van der Waals surface area contributed by atoms with Crippen LogP contribution in [0, 0.1) is 0 Å². The fraction of sp³-hybridized carbons (Fsp3) is 0.400. The van der Waals surface area contributed by atoms with Gasteiger partial charge < -0.3 is 10.4 Å². The SMILES string of the molecule is CC(O)CNc1ccc(C(F)F)cc1. The number of aliphatic hydroxyl groups is 1. The van der Waals surface area contributed by atoms with Crippen LogP contribution in [0.4, 0.5) is 14.5 Å². The van der Waals surface area contributed by atoms with Crippen LogP contribution in [0.1, 0.15) is 18.9 Å². The van der Waals surface area contributed by atoms with Crippen LogP contribution in [0.15, 0.2) is 24.3 Å². The molecule has 0 saturated carbocycles. The first-order valence-electron chi connectivity index (χ1n) is 4.39. The number of benzene rings is 1. The number of aliphatic hydroxyl groups excluding tert-OH is 1. The molecule has 0 radical (unpaired) electrons. The minimum atomic E-state index is -2.43. The molecule has 1 rings (SSSR count). The van der Waals surface area contributed by atoms with Gasteiger partial charge in [0.05, 0.1) is 6.10 Å². The summed E-state index contributed by atoms with van der Waals surface area (Å²) in [4.78, 5) is 0. The van der Waals surface area contributed by atoms with Gasteiger partial charge in [0.1, 0.15) is 0 Å². The topological polar surface area (TPSA) is 32.3 Å². The maximum atomic E-state index is 12.2. The molecule has 0 saturated heterocycles. The molecule has 0 aliphatic rings. The van der Waals surface area contributed by atoms with Crippen LogP contribution in [-0.4, -0.2) is 17.8 Å². The van der Waals surface area contributed by atoms with Crippen LogP contribution < -0.4 is 5.32 Å². The van der Waals surface area contributed by atoms with Crippen molar-refractivity contribution in [3.8, 4) is 0 Å². The van der Waals surface area contributed by atoms with Gasteiger partial charge in [-0.2, -0.15) is 0 Å². The second kappa shape index (κ2) is 4.91. The van der Waals surface area contributed by atoms with Crippen LogP contribution >= 0.6 is 0 Å². The average Bonchev–Trinajstić information content (AvgIpc) is 2.15. The molecular weight excluding hydrogens is 188 g/mol. The van der Waals surface area contributed by atoms with E-state index in [0.29, 0.717) is 6.54 Å². The van der Waals surface area contributed by atoms with Crippen molar-refractivity contribution in [1.82, 2.24) is 0 Å². The van der Waals surface area contributed by atoms with E-state index in [-0.39, 0.29) is 5.56 Å². The van der Waals surface area contributed by atoms with E-state index in [1.165, 1.54) is 12.1 Å². The summed E-state index contributed by atoms with van der Waals surface area (Å²) >= 11 is 0. The van der Waals surface area contributed by atoms with Crippen LogP contribution in [0.2, 0.25) is 0 Å². The number of alkyl halides is 2. The Labute approximate surface area is 81.6 Å². The summed E-state index contributed by atoms with van der Waals surface area (Å²) in [7, 11) is 0. The van der Waals surface area contributed by atoms with E-state index in [1.807, 2.05) is 0 Å². The molecule has 0 aliphatic heterocycles. The summed E-state index contributed by atoms with van der Waals surface area (Å²) in [5.41, 5.74) is 0.739. The van der Waals surface area contributed by atoms with Gasteiger partial charge in [0.2, 0.25) is 0 Å². The third kappa shape index (κ3) is 3.30. The zero-order valence-corrected chi connectivity index (χ0v) is 7.87. The number of halogens is 2. The number of hydrogen-bond acceptors (Lipinski definition) is 2. The highest BCUT2D eigenvalue weighted by molar-refractivity contribution is 5.44. The van der Waals surface area contributed by atoms with Crippen LogP contribution in [-0.2, 0) is 0 Å². The molecule has 0 amide bonds. The monoisotopic (exact) mass is 201 g/mol. The van der Waals surface area contributed by atoms with Crippen LogP contribution in [0.5, 0.6) is 0 Å². The Hall–Kier alpha value is -1.16. The smallest absolute Gasteiger partial charge is 0.263 e. The van der Waals surface area contributed by atoms with Crippen molar-refractivity contribution in [1.29, 1.82) is 0 Å². The van der Waals surface area contributed by atoms with Crippen molar-refractivity contribution in [2.24, 2.45) is 0 Å². The Morgan fingerprint density at radius 2 is 1.86 bits per heavy atom. The van der Waals surface area contributed by atoms with Gasteiger partial charge in [-0.1, -0.05) is 12.1 Å². The summed E-state index contributed by atoms with van der Waals surface area (Å²) in [5.74, 6) is 0. The molecule has 78 valence electrons. The second-order valence-electron chi connectivity index (χ2n) is 3.15. The lowest BCUT2D eigenvalue weighted by Crippen LogP contribution is -2.15. The maximum Gasteiger partial charge on any atom is 0.263 e. The van der Waals surface area contributed by atoms with E-state index in [2.05, 4.69) is 5.32 Å². The molecule has 2 nitrogen and oxygen atoms in total. The van der Waals surface area contributed by atoms with E-state index in [1.54, 1.807) is 19.1 Å². The van der Waals surface area contributed by atoms with Crippen molar-refractivity contribution in [3.05, 3.63) is 29.8 Å². The molecule has 1 atom stereocenters. The summed E-state index contributed by atoms with van der Waals surface area (Å²) in [6, 6.07) is 5.89. The van der Waals surface area contributed by atoms with E-state index >= 15 is 0 Å². The molecule has 0 bridgehead atoms. The predicted molar refractivity (Wildman–Crippen MR) is 51.6 cm³/mol. The lowest BCUT2D eigenvalue weighted by molar-refractivity contribution is 0.151. The predicted octanol–water partition coefficient (Wildman–Crippen LogP) is 2.42. The molecule has 1 unspecified atom stereocenters. The minimum absolute atomic E-state index is 0.00703. The second-order valence-corrected chi connectivity index (χ2v) is 3.15. The Kier molecular flexibility index (Phi) is 3.83. The number of rotatable bonds is 4. The highest BCUT2D eigenvalue weighted by atomic mass is 19.3. The normalized spacial score (nSPS) is 12.9. The van der Waals surface area contributed by atoms with Crippen molar-refractivity contribution >= 4 is 5.69 Å². The first-order valence-corrected chi connectivity index (χ1v) is 4.39. The summed E-state index contributed by atoms with van der Waals surface area (Å²) < 4.78 is 24.3. The quantitative estimate of drug-likeness (QED) is 0.784. The minimum Gasteiger partial charge on any atom is -0.392 e. The van der Waals surface area contributed by atoms with Crippen molar-refractivity contribution < 1.29 is 13.9 Å². The first-order chi connectivity index (χ1) is 6.59. The summed E-state index contributed by atoms with van der Waals surface area (Å²) in [6.45, 7) is 2.06. The van der Waals surface area contributed by atoms with Gasteiger partial charge in [0, 0.05) is 17.8 Å². The van der Waals surface area contributed by atoms with Gasteiger partial charge in [-0.15, -0.1) is 0 Å². The number of hydrogen-bond donors (Lipinski definition) is 2. The fourth-order valence-electron chi connectivity index (χ4n) is 1.01. The van der Waals surface area contributed by atoms with E-state index in [0.717, 1.165) is 5.69 Å². The molecule has 14 heavy (non-hydrogen) atoms. The van der Waals surface area contributed by atoms with Crippen molar-refractivity contribution in [3.63, 3.8) is 0 Å². The number of nitrogens with one attached hydrogen (secondary N) is 1. The molecule has 0 fully saturated rings. The lowest BCUT2D eigenvalue weighted by atomic mass is 10.2. The standard InChI is InChI=1S/C10H13F2NO/c1-7(14)6-13-9-4-2-8(3-5-9)10(11)12/h2-5,7,10,13-14H,6H2,1H3. The van der Waals surface area contributed by atoms with Gasteiger partial charge in [-0.25, -0.2) is 8.78 Å². The van der Waals surface area contributed by atoms with Crippen molar-refractivity contribution in [2.45, 2.75) is 19.5 Å². The first kappa shape index (κ1) is 10.9. The average molecular weight is 201 g/mol. The molecule has 0 aliphatic carbocycles. The Morgan fingerprint density at radius 3 is 2.29 bits per heavy atom. The zero-order valence-electron chi connectivity index (χ0n) is 7.87. The highest BCUT2D eigenvalue weighted by Gasteiger charge is 2.05. The molecular formula is C10H13F2NO. The highest BCUT2D eigenvalue weighted by Crippen LogP contribution is 2.20. The zero-order chi connectivity index (χ0) is 10.6. The van der Waals surface area contributed by atoms with Gasteiger partial charge in [-0.3, -0.25) is 0 Å². The Bertz CT molecular complexity index is 272. The third-order valence-electron chi connectivity index (χ3n) is 1.76. The largest absolute Gasteiger partial charge is 0.392 e. The van der Waals surface area contributed by atoms with E-state index in [9.17, 15) is 8.78 Å². The molecule has 0 aromatic heterocycles. The summed E-state index contributed by atoms with van der Waals surface area (Å²) in [6.07, 6.45) is -2.88. The molecule has 0 spiro atoms. The molecule has 4 heteroatoms. The van der Waals surface area contributed by atoms with Crippen molar-refractivity contribution in [2.75, 3.05) is 11.9 Å². The Morgan fingerprint density at radius 1 is 1.29 bits per heavy atom. The van der Waals surface area contributed by atoms with E-state index < -0.39 is 12.5 Å². The molecule has 1 aromatic carbocycles. The summed E-state index contributed by atoms with van der Waals surface area (Å²) in [5, 5.41) is 11.9. The lowest BCUT2D eigenvalue weighted by Gasteiger charge is -2.08. The van der Waals surface area contributed by atoms with Gasteiger partial charge >= 0.3 is 0 Å². The van der Waals surface area contributed by atoms with Gasteiger partial charge in [0.15, 0.2) is 0 Å². The number of anilines is 1. The fourth-order valence-corrected chi connectivity index (χ4v) is 1.01. The molecule has 1 aromatic rings. The van der Waals surface area contributed by atoms with Gasteiger partial charge in [-0.05, 0) is 19.1 Å². The Balaban J connectivity index is 2.55. The van der Waals surface area contributed by atoms with Gasteiger partial charge in [0.25, 0.3) is 6.43 Å². The van der Waals surface area contributed by atoms with E-state index in [4.69, 9.17) is 5.11 Å². The van der Waals surface area contributed by atoms with Crippen LogP contribution in [0.25, 0.3) is 0 Å². The molecule has 0 heterocycles. The molecule has 2 N–H and O–H groups in total. The van der Waals surface area contributed by atoms with Crippen LogP contribution in [0.3, 0.4) is 0 Å². The maximum absolute atomic E-state index is 12.2. The third-order valence-corrected chi connectivity index (χ3v) is 1.76.